The number of halogens is 4. The first kappa shape index (κ1) is 25.9. The summed E-state index contributed by atoms with van der Waals surface area (Å²) in [4.78, 5) is 10.5. The molecule has 0 radical (unpaired) electrons. The minimum atomic E-state index is -4.62. The van der Waals surface area contributed by atoms with Crippen molar-refractivity contribution in [2.45, 2.75) is 6.18 Å². The van der Waals surface area contributed by atoms with Crippen LogP contribution in [-0.2, 0) is 19.8 Å². The van der Waals surface area contributed by atoms with E-state index in [0.717, 1.165) is 30.3 Å². The van der Waals surface area contributed by atoms with Crippen LogP contribution < -0.4 is 9.47 Å². The van der Waals surface area contributed by atoms with E-state index in [1.165, 1.54) is 0 Å². The zero-order chi connectivity index (χ0) is 24.6. The molecule has 0 fully saturated rings. The van der Waals surface area contributed by atoms with E-state index in [2.05, 4.69) is 0 Å². The molecule has 2 aromatic rings. The zero-order valence-electron chi connectivity index (χ0n) is 16.2. The summed E-state index contributed by atoms with van der Waals surface area (Å²) in [5, 5.41) is 28.1. The van der Waals surface area contributed by atoms with E-state index in [0.29, 0.717) is 6.07 Å². The number of benzene rings is 2. The maximum atomic E-state index is 12.8. The van der Waals surface area contributed by atoms with Gasteiger partial charge in [0.2, 0.25) is 5.75 Å². The van der Waals surface area contributed by atoms with Gasteiger partial charge in [0.15, 0.2) is 6.35 Å². The molecule has 0 amide bonds. The van der Waals surface area contributed by atoms with Crippen molar-refractivity contribution in [2.75, 3.05) is 19.6 Å². The van der Waals surface area contributed by atoms with E-state index in [4.69, 9.17) is 40.6 Å². The summed E-state index contributed by atoms with van der Waals surface area (Å²) < 4.78 is 71.0. The summed E-state index contributed by atoms with van der Waals surface area (Å²) in [7, 11) is -4.14. The highest BCUT2D eigenvalue weighted by molar-refractivity contribution is 7.53. The average molecular weight is 506 g/mol. The normalized spacial score (nSPS) is 11.3. The number of alkyl halides is 3. The largest absolute Gasteiger partial charge is 0.474 e. The highest BCUT2D eigenvalue weighted by Gasteiger charge is 2.31. The highest BCUT2D eigenvalue weighted by atomic mass is 35.5. The van der Waals surface area contributed by atoms with Crippen molar-refractivity contribution < 1.29 is 41.2 Å². The molecule has 0 aromatic heterocycles. The van der Waals surface area contributed by atoms with Crippen molar-refractivity contribution in [1.29, 1.82) is 10.5 Å². The molecule has 2 aromatic carbocycles. The fourth-order valence-corrected chi connectivity index (χ4v) is 3.47. The lowest BCUT2D eigenvalue weighted by Gasteiger charge is -2.16. The number of rotatable bonds is 10. The Balaban J connectivity index is 2.29. The second kappa shape index (κ2) is 11.0. The molecule has 0 unspecified atom stereocenters. The first-order valence-corrected chi connectivity index (χ1v) is 10.7. The van der Waals surface area contributed by atoms with Gasteiger partial charge in [-0.15, -0.1) is 0 Å². The number of nitro benzene ring substituents is 1. The number of hydrogen-bond donors (Lipinski definition) is 0. The molecular formula is C18H12ClF3N3O7P. The molecule has 0 aliphatic rings. The predicted octanol–water partition coefficient (Wildman–Crippen LogP) is 5.67. The number of nitriles is 2. The fourth-order valence-electron chi connectivity index (χ4n) is 2.23. The smallest absolute Gasteiger partial charge is 0.416 e. The molecule has 0 saturated heterocycles. The fraction of sp³-hybridized carbons (Fsp3) is 0.222. The van der Waals surface area contributed by atoms with Crippen LogP contribution in [0.25, 0.3) is 0 Å². The van der Waals surface area contributed by atoms with E-state index < -0.39 is 55.3 Å². The van der Waals surface area contributed by atoms with Crippen molar-refractivity contribution in [3.05, 3.63) is 57.1 Å². The first-order valence-electron chi connectivity index (χ1n) is 8.57. The second-order valence-corrected chi connectivity index (χ2v) is 8.28. The Morgan fingerprint density at radius 3 is 2.21 bits per heavy atom. The standard InChI is InChI=1S/C18H12ClF3N3O7P/c19-14-9-12(18(20,21)22)1-4-16(14)32-13-2-3-15(25(26)27)17(10-13)29-11-33(28,30-7-5-23)31-8-6-24/h1-4,9-10H,7-8,11H2. The molecule has 15 heteroatoms. The number of nitro groups is 1. The maximum Gasteiger partial charge on any atom is 0.416 e. The monoisotopic (exact) mass is 505 g/mol. The summed E-state index contributed by atoms with van der Waals surface area (Å²) in [6.07, 6.45) is -5.51. The molecule has 0 bridgehead atoms. The van der Waals surface area contributed by atoms with E-state index in [1.54, 1.807) is 12.1 Å². The van der Waals surface area contributed by atoms with Crippen LogP contribution in [0.5, 0.6) is 17.2 Å². The van der Waals surface area contributed by atoms with Crippen molar-refractivity contribution >= 4 is 24.9 Å². The van der Waals surface area contributed by atoms with Crippen LogP contribution in [0.4, 0.5) is 18.9 Å². The third-order valence-corrected chi connectivity index (χ3v) is 5.43. The first-order chi connectivity index (χ1) is 15.5. The van der Waals surface area contributed by atoms with Crippen molar-refractivity contribution in [2.24, 2.45) is 0 Å². The van der Waals surface area contributed by atoms with Gasteiger partial charge in [0.05, 0.1) is 27.6 Å². The molecule has 10 nitrogen and oxygen atoms in total. The minimum Gasteiger partial charge on any atom is -0.474 e. The van der Waals surface area contributed by atoms with E-state index in [1.807, 2.05) is 0 Å². The van der Waals surface area contributed by atoms with Gasteiger partial charge in [-0.05, 0) is 24.3 Å². The lowest BCUT2D eigenvalue weighted by Crippen LogP contribution is -2.07. The Morgan fingerprint density at radius 2 is 1.70 bits per heavy atom. The van der Waals surface area contributed by atoms with Crippen LogP contribution in [0.15, 0.2) is 36.4 Å². The Hall–Kier alpha value is -3.35. The van der Waals surface area contributed by atoms with Crippen LogP contribution in [0.3, 0.4) is 0 Å². The Labute approximate surface area is 189 Å². The summed E-state index contributed by atoms with van der Waals surface area (Å²) in [5.41, 5.74) is -1.58. The van der Waals surface area contributed by atoms with Crippen LogP contribution in [0, 0.1) is 32.8 Å². The van der Waals surface area contributed by atoms with Gasteiger partial charge in [0, 0.05) is 12.1 Å². The topological polar surface area (TPSA) is 145 Å². The van der Waals surface area contributed by atoms with Crippen LogP contribution in [0.1, 0.15) is 5.56 Å². The molecule has 0 N–H and O–H groups in total. The summed E-state index contributed by atoms with van der Waals surface area (Å²) in [5.74, 6) is -0.741. The van der Waals surface area contributed by atoms with Gasteiger partial charge in [0.1, 0.15) is 24.7 Å². The molecule has 0 spiro atoms. The third-order valence-electron chi connectivity index (χ3n) is 3.64. The van der Waals surface area contributed by atoms with Gasteiger partial charge >= 0.3 is 19.5 Å². The molecule has 0 aliphatic heterocycles. The van der Waals surface area contributed by atoms with Gasteiger partial charge in [0.25, 0.3) is 0 Å². The highest BCUT2D eigenvalue weighted by Crippen LogP contribution is 2.49. The lowest BCUT2D eigenvalue weighted by atomic mass is 10.2. The molecular weight excluding hydrogens is 494 g/mol. The van der Waals surface area contributed by atoms with Crippen LogP contribution in [0.2, 0.25) is 5.02 Å². The van der Waals surface area contributed by atoms with Gasteiger partial charge in [-0.25, -0.2) is 0 Å². The predicted molar refractivity (Wildman–Crippen MR) is 106 cm³/mol. The van der Waals surface area contributed by atoms with Gasteiger partial charge in [-0.1, -0.05) is 11.6 Å². The molecule has 0 saturated carbocycles. The summed E-state index contributed by atoms with van der Waals surface area (Å²) >= 11 is 5.84. The van der Waals surface area contributed by atoms with Gasteiger partial charge < -0.3 is 9.47 Å². The molecule has 174 valence electrons. The molecule has 0 aliphatic carbocycles. The number of hydrogen-bond acceptors (Lipinski definition) is 9. The SMILES string of the molecule is N#CCOP(=O)(COc1cc(Oc2ccc(C(F)(F)F)cc2Cl)ccc1[N+](=O)[O-])OCC#N. The molecule has 0 atom stereocenters. The van der Waals surface area contributed by atoms with Crippen molar-refractivity contribution in [3.63, 3.8) is 0 Å². The maximum absolute atomic E-state index is 12.8. The van der Waals surface area contributed by atoms with E-state index in [9.17, 15) is 27.9 Å². The van der Waals surface area contributed by atoms with Crippen molar-refractivity contribution in [3.8, 4) is 29.4 Å². The second-order valence-electron chi connectivity index (χ2n) is 5.88. The number of nitrogens with zero attached hydrogens (tertiary/aromatic N) is 3. The molecule has 33 heavy (non-hydrogen) atoms. The van der Waals surface area contributed by atoms with E-state index in [-0.39, 0.29) is 16.5 Å². The van der Waals surface area contributed by atoms with Crippen LogP contribution >= 0.6 is 19.2 Å². The van der Waals surface area contributed by atoms with E-state index >= 15 is 0 Å². The zero-order valence-corrected chi connectivity index (χ0v) is 17.9. The Bertz CT molecular complexity index is 1140. The average Bonchev–Trinajstić information content (AvgIpc) is 2.75. The lowest BCUT2D eigenvalue weighted by molar-refractivity contribution is -0.385. The van der Waals surface area contributed by atoms with Gasteiger partial charge in [-0.3, -0.25) is 23.7 Å². The number of ether oxygens (including phenoxy) is 2. The van der Waals surface area contributed by atoms with Crippen LogP contribution in [-0.4, -0.2) is 24.5 Å². The third kappa shape index (κ3) is 7.34. The molecule has 2 rings (SSSR count). The minimum absolute atomic E-state index is 0.108. The quantitative estimate of drug-likeness (QED) is 0.226. The summed E-state index contributed by atoms with van der Waals surface area (Å²) in [6.45, 7) is -1.33. The Morgan fingerprint density at radius 1 is 1.06 bits per heavy atom. The Kier molecular flexibility index (Phi) is 8.63. The summed E-state index contributed by atoms with van der Waals surface area (Å²) in [6, 6.07) is 8.58. The van der Waals surface area contributed by atoms with Gasteiger partial charge in [-0.2, -0.15) is 23.7 Å². The molecule has 0 heterocycles. The van der Waals surface area contributed by atoms with Crippen molar-refractivity contribution in [1.82, 2.24) is 0 Å².